The molecule has 1 N–H and O–H groups in total. The Morgan fingerprint density at radius 3 is 2.03 bits per heavy atom. The van der Waals surface area contributed by atoms with E-state index < -0.39 is 34.7 Å². The normalized spacial score (nSPS) is 10.8. The van der Waals surface area contributed by atoms with E-state index in [1.54, 1.807) is 6.92 Å². The molecule has 0 aliphatic heterocycles. The second-order valence-corrected chi connectivity index (χ2v) is 7.86. The fraction of sp³-hybridized carbons (Fsp3) is 0.0435. The van der Waals surface area contributed by atoms with Gasteiger partial charge in [0.2, 0.25) is 5.88 Å². The van der Waals surface area contributed by atoms with Crippen LogP contribution >= 0.6 is 11.3 Å². The number of benzene rings is 3. The Hall–Kier alpha value is -3.72. The van der Waals surface area contributed by atoms with Gasteiger partial charge in [0.15, 0.2) is 0 Å². The lowest BCUT2D eigenvalue weighted by Gasteiger charge is -2.08. The number of anilines is 1. The van der Waals surface area contributed by atoms with Crippen molar-refractivity contribution in [1.29, 1.82) is 0 Å². The molecule has 0 fully saturated rings. The molecule has 32 heavy (non-hydrogen) atoms. The van der Waals surface area contributed by atoms with Gasteiger partial charge < -0.3 is 10.1 Å². The van der Waals surface area contributed by atoms with Crippen molar-refractivity contribution >= 4 is 22.9 Å². The molecule has 9 heteroatoms. The second kappa shape index (κ2) is 8.80. The van der Waals surface area contributed by atoms with Gasteiger partial charge in [-0.15, -0.1) is 11.3 Å². The van der Waals surface area contributed by atoms with Gasteiger partial charge in [-0.2, -0.15) is 0 Å². The van der Waals surface area contributed by atoms with E-state index in [4.69, 9.17) is 4.74 Å². The van der Waals surface area contributed by atoms with Crippen LogP contribution in [0, 0.1) is 30.2 Å². The monoisotopic (exact) mass is 458 g/mol. The van der Waals surface area contributed by atoms with Crippen LogP contribution in [-0.2, 0) is 0 Å². The van der Waals surface area contributed by atoms with Crippen molar-refractivity contribution in [3.8, 4) is 22.2 Å². The number of ether oxygens (including phenoxy) is 1. The van der Waals surface area contributed by atoms with Gasteiger partial charge in [0, 0.05) is 5.69 Å². The molecule has 1 amide bonds. The van der Waals surface area contributed by atoms with E-state index in [-0.39, 0.29) is 22.1 Å². The summed E-state index contributed by atoms with van der Waals surface area (Å²) in [5.41, 5.74) is -0.623. The number of hydrogen-bond acceptors (Lipinski definition) is 4. The standard InChI is InChI=1S/C23H14F4N2O2S/c1-12-22(29-23(32-12)20-17(26)6-3-7-18(20)27)31-14-10-8-13(9-11-14)28-21(30)19-15(24)4-2-5-16(19)25/h2-11H,1H3,(H,28,30). The van der Waals surface area contributed by atoms with Gasteiger partial charge in [-0.3, -0.25) is 4.79 Å². The van der Waals surface area contributed by atoms with Crippen molar-refractivity contribution in [2.24, 2.45) is 0 Å². The highest BCUT2D eigenvalue weighted by molar-refractivity contribution is 7.15. The molecule has 0 saturated carbocycles. The zero-order chi connectivity index (χ0) is 22.8. The Labute approximate surface area is 184 Å². The lowest BCUT2D eigenvalue weighted by atomic mass is 10.2. The van der Waals surface area contributed by atoms with Crippen LogP contribution in [-0.4, -0.2) is 10.9 Å². The number of halogens is 4. The molecule has 0 aliphatic carbocycles. The van der Waals surface area contributed by atoms with Crippen LogP contribution in [0.25, 0.3) is 10.6 Å². The fourth-order valence-corrected chi connectivity index (χ4v) is 3.80. The zero-order valence-electron chi connectivity index (χ0n) is 16.5. The largest absolute Gasteiger partial charge is 0.438 e. The number of nitrogens with zero attached hydrogens (tertiary/aromatic N) is 1. The van der Waals surface area contributed by atoms with Gasteiger partial charge in [0.1, 0.15) is 39.6 Å². The Morgan fingerprint density at radius 1 is 0.875 bits per heavy atom. The van der Waals surface area contributed by atoms with E-state index in [1.165, 1.54) is 36.4 Å². The minimum Gasteiger partial charge on any atom is -0.438 e. The topological polar surface area (TPSA) is 51.2 Å². The van der Waals surface area contributed by atoms with Crippen molar-refractivity contribution in [2.75, 3.05) is 5.32 Å². The number of aryl methyl sites for hydroxylation is 1. The maximum atomic E-state index is 14.0. The van der Waals surface area contributed by atoms with Crippen molar-refractivity contribution in [1.82, 2.24) is 4.98 Å². The first-order chi connectivity index (χ1) is 15.3. The average Bonchev–Trinajstić information content (AvgIpc) is 3.09. The lowest BCUT2D eigenvalue weighted by molar-refractivity contribution is 0.101. The van der Waals surface area contributed by atoms with Crippen molar-refractivity contribution in [3.63, 3.8) is 0 Å². The smallest absolute Gasteiger partial charge is 0.261 e. The Morgan fingerprint density at radius 2 is 1.44 bits per heavy atom. The fourth-order valence-electron chi connectivity index (χ4n) is 2.91. The van der Waals surface area contributed by atoms with Crippen LogP contribution in [0.3, 0.4) is 0 Å². The van der Waals surface area contributed by atoms with Crippen LogP contribution in [0.5, 0.6) is 11.6 Å². The molecule has 0 aliphatic rings. The Bertz CT molecular complexity index is 1270. The number of rotatable bonds is 5. The summed E-state index contributed by atoms with van der Waals surface area (Å²) in [5.74, 6) is -3.80. The van der Waals surface area contributed by atoms with Gasteiger partial charge >= 0.3 is 0 Å². The molecule has 4 aromatic rings. The summed E-state index contributed by atoms with van der Waals surface area (Å²) in [6.45, 7) is 1.70. The average molecular weight is 458 g/mol. The third-order valence-electron chi connectivity index (χ3n) is 4.45. The van der Waals surface area contributed by atoms with Crippen molar-refractivity contribution in [2.45, 2.75) is 6.92 Å². The maximum Gasteiger partial charge on any atom is 0.261 e. The van der Waals surface area contributed by atoms with Crippen LogP contribution in [0.1, 0.15) is 15.2 Å². The minimum absolute atomic E-state index is 0.142. The van der Waals surface area contributed by atoms with Crippen LogP contribution in [0.4, 0.5) is 23.2 Å². The molecule has 0 atom stereocenters. The summed E-state index contributed by atoms with van der Waals surface area (Å²) in [6, 6.07) is 12.7. The van der Waals surface area contributed by atoms with E-state index in [9.17, 15) is 22.4 Å². The number of nitrogens with one attached hydrogen (secondary N) is 1. The first-order valence-electron chi connectivity index (χ1n) is 9.28. The molecule has 0 radical (unpaired) electrons. The van der Waals surface area contributed by atoms with E-state index in [1.807, 2.05) is 0 Å². The van der Waals surface area contributed by atoms with Gasteiger partial charge in [0.25, 0.3) is 5.91 Å². The molecule has 0 unspecified atom stereocenters. The summed E-state index contributed by atoms with van der Waals surface area (Å²) < 4.78 is 61.3. The predicted molar refractivity (Wildman–Crippen MR) is 113 cm³/mol. The molecule has 162 valence electrons. The number of aromatic nitrogens is 1. The van der Waals surface area contributed by atoms with E-state index in [2.05, 4.69) is 10.3 Å². The molecule has 0 bridgehead atoms. The number of amides is 1. The highest BCUT2D eigenvalue weighted by Crippen LogP contribution is 2.36. The summed E-state index contributed by atoms with van der Waals surface area (Å²) >= 11 is 1.08. The first kappa shape index (κ1) is 21.5. The summed E-state index contributed by atoms with van der Waals surface area (Å²) in [5, 5.41) is 2.55. The van der Waals surface area contributed by atoms with E-state index >= 15 is 0 Å². The maximum absolute atomic E-state index is 14.0. The quantitative estimate of drug-likeness (QED) is 0.338. The summed E-state index contributed by atoms with van der Waals surface area (Å²) in [7, 11) is 0. The predicted octanol–water partition coefficient (Wildman–Crippen LogP) is 6.72. The Kier molecular flexibility index (Phi) is 5.91. The second-order valence-electron chi connectivity index (χ2n) is 6.65. The number of carbonyl (C=O) groups excluding carboxylic acids is 1. The van der Waals surface area contributed by atoms with Gasteiger partial charge in [-0.1, -0.05) is 12.1 Å². The van der Waals surface area contributed by atoms with Crippen LogP contribution < -0.4 is 10.1 Å². The van der Waals surface area contributed by atoms with Crippen molar-refractivity contribution < 1.29 is 27.1 Å². The number of thiazole rings is 1. The molecule has 1 aromatic heterocycles. The molecule has 4 rings (SSSR count). The zero-order valence-corrected chi connectivity index (χ0v) is 17.3. The number of carbonyl (C=O) groups is 1. The van der Waals surface area contributed by atoms with Gasteiger partial charge in [0.05, 0.1) is 10.4 Å². The molecule has 0 spiro atoms. The molecule has 1 heterocycles. The first-order valence-corrected chi connectivity index (χ1v) is 10.1. The number of hydrogen-bond donors (Lipinski definition) is 1. The molecule has 0 saturated heterocycles. The van der Waals surface area contributed by atoms with E-state index in [0.29, 0.717) is 10.6 Å². The summed E-state index contributed by atoms with van der Waals surface area (Å²) in [4.78, 5) is 17.0. The lowest BCUT2D eigenvalue weighted by Crippen LogP contribution is -2.15. The SMILES string of the molecule is Cc1sc(-c2c(F)cccc2F)nc1Oc1ccc(NC(=O)c2c(F)cccc2F)cc1. The molecular weight excluding hydrogens is 444 g/mol. The van der Waals surface area contributed by atoms with Crippen LogP contribution in [0.15, 0.2) is 60.7 Å². The highest BCUT2D eigenvalue weighted by Gasteiger charge is 2.19. The Balaban J connectivity index is 1.50. The van der Waals surface area contributed by atoms with E-state index in [0.717, 1.165) is 35.6 Å². The van der Waals surface area contributed by atoms with Gasteiger partial charge in [-0.05, 0) is 55.5 Å². The third-order valence-corrected chi connectivity index (χ3v) is 5.42. The molecule has 3 aromatic carbocycles. The van der Waals surface area contributed by atoms with Gasteiger partial charge in [-0.25, -0.2) is 22.5 Å². The molecular formula is C23H14F4N2O2S. The minimum atomic E-state index is -0.969. The molecule has 4 nitrogen and oxygen atoms in total. The third kappa shape index (κ3) is 4.33. The highest BCUT2D eigenvalue weighted by atomic mass is 32.1. The van der Waals surface area contributed by atoms with Crippen molar-refractivity contribution in [3.05, 3.63) is 94.4 Å². The summed E-state index contributed by atoms with van der Waals surface area (Å²) in [6.07, 6.45) is 0. The van der Waals surface area contributed by atoms with Crippen LogP contribution in [0.2, 0.25) is 0 Å².